The predicted octanol–water partition coefficient (Wildman–Crippen LogP) is 4.50. The number of nitrogens with zero attached hydrogens (tertiary/aromatic N) is 1. The highest BCUT2D eigenvalue weighted by molar-refractivity contribution is 7.89. The third-order valence-electron chi connectivity index (χ3n) is 5.30. The summed E-state index contributed by atoms with van der Waals surface area (Å²) in [5, 5.41) is 8.15. The minimum atomic E-state index is -3.69. The zero-order chi connectivity index (χ0) is 19.4. The molecule has 0 spiro atoms. The number of halogens is 1. The highest BCUT2D eigenvalue weighted by Crippen LogP contribution is 2.70. The van der Waals surface area contributed by atoms with Crippen molar-refractivity contribution in [3.63, 3.8) is 0 Å². The Labute approximate surface area is 161 Å². The zero-order valence-corrected chi connectivity index (χ0v) is 16.5. The Kier molecular flexibility index (Phi) is 4.21. The molecule has 0 radical (unpaired) electrons. The summed E-state index contributed by atoms with van der Waals surface area (Å²) >= 11 is 1.58. The molecule has 2 aromatic carbocycles. The molecule has 1 fully saturated rings. The van der Waals surface area contributed by atoms with E-state index >= 15 is 0 Å². The van der Waals surface area contributed by atoms with E-state index in [2.05, 4.69) is 13.8 Å². The maximum Gasteiger partial charge on any atom is 0.238 e. The van der Waals surface area contributed by atoms with Crippen molar-refractivity contribution in [3.05, 3.63) is 70.3 Å². The molecule has 140 valence electrons. The van der Waals surface area contributed by atoms with E-state index in [1.54, 1.807) is 29.5 Å². The van der Waals surface area contributed by atoms with Crippen LogP contribution in [0.4, 0.5) is 4.39 Å². The average molecular weight is 403 g/mol. The van der Waals surface area contributed by atoms with Gasteiger partial charge in [0.1, 0.15) is 5.82 Å². The van der Waals surface area contributed by atoms with E-state index in [0.29, 0.717) is 0 Å². The van der Waals surface area contributed by atoms with Gasteiger partial charge in [0.2, 0.25) is 10.0 Å². The van der Waals surface area contributed by atoms with Gasteiger partial charge in [0.25, 0.3) is 0 Å². The number of nitrogens with two attached hydrogens (primary N) is 1. The lowest BCUT2D eigenvalue weighted by atomic mass is 10.0. The maximum absolute atomic E-state index is 13.5. The van der Waals surface area contributed by atoms with Crippen LogP contribution in [0.15, 0.2) is 58.8 Å². The van der Waals surface area contributed by atoms with Crippen molar-refractivity contribution in [2.45, 2.75) is 30.6 Å². The van der Waals surface area contributed by atoms with Crippen molar-refractivity contribution in [3.8, 4) is 11.3 Å². The van der Waals surface area contributed by atoms with Crippen LogP contribution >= 0.6 is 11.3 Å². The summed E-state index contributed by atoms with van der Waals surface area (Å²) in [6, 6.07) is 13.2. The van der Waals surface area contributed by atoms with Gasteiger partial charge >= 0.3 is 0 Å². The van der Waals surface area contributed by atoms with Gasteiger partial charge in [-0.2, -0.15) is 0 Å². The molecule has 1 saturated carbocycles. The van der Waals surface area contributed by atoms with Gasteiger partial charge in [-0.25, -0.2) is 22.9 Å². The molecule has 0 unspecified atom stereocenters. The van der Waals surface area contributed by atoms with Crippen LogP contribution < -0.4 is 5.14 Å². The minimum absolute atomic E-state index is 0.0141. The molecule has 1 aliphatic carbocycles. The Balaban J connectivity index is 1.62. The van der Waals surface area contributed by atoms with Crippen LogP contribution in [0, 0.1) is 11.2 Å². The normalized spacial score (nSPS) is 21.2. The van der Waals surface area contributed by atoms with E-state index in [9.17, 15) is 12.8 Å². The molecule has 0 bridgehead atoms. The monoisotopic (exact) mass is 402 g/mol. The van der Waals surface area contributed by atoms with Gasteiger partial charge in [0.05, 0.1) is 15.6 Å². The summed E-state index contributed by atoms with van der Waals surface area (Å²) in [5.41, 5.74) is 2.63. The Morgan fingerprint density at radius 1 is 1.11 bits per heavy atom. The van der Waals surface area contributed by atoms with Crippen LogP contribution in [-0.4, -0.2) is 13.4 Å². The second-order valence-electron chi connectivity index (χ2n) is 7.47. The molecule has 1 aliphatic rings. The van der Waals surface area contributed by atoms with Gasteiger partial charge in [-0.1, -0.05) is 38.1 Å². The number of benzene rings is 2. The lowest BCUT2D eigenvalue weighted by Crippen LogP contribution is -2.11. The van der Waals surface area contributed by atoms with Crippen LogP contribution in [0.2, 0.25) is 0 Å². The second-order valence-corrected chi connectivity index (χ2v) is 9.92. The van der Waals surface area contributed by atoms with Crippen molar-refractivity contribution in [2.24, 2.45) is 10.6 Å². The van der Waals surface area contributed by atoms with Gasteiger partial charge < -0.3 is 0 Å². The Morgan fingerprint density at radius 2 is 1.81 bits per heavy atom. The molecular weight excluding hydrogens is 383 g/mol. The Morgan fingerprint density at radius 3 is 2.44 bits per heavy atom. The van der Waals surface area contributed by atoms with E-state index in [-0.39, 0.29) is 28.0 Å². The SMILES string of the molecule is CC1(C)[C@@H](c2ccc(S(N)(=O)=O)cc2)[C@@H]1c1nc(-c2cccc(F)c2)cs1. The average Bonchev–Trinajstić information content (AvgIpc) is 2.94. The number of hydrogen-bond donors (Lipinski definition) is 1. The number of hydrogen-bond acceptors (Lipinski definition) is 4. The quantitative estimate of drug-likeness (QED) is 0.698. The molecule has 0 amide bonds. The third kappa shape index (κ3) is 3.31. The fourth-order valence-corrected chi connectivity index (χ4v) is 5.47. The van der Waals surface area contributed by atoms with Gasteiger partial charge in [-0.15, -0.1) is 11.3 Å². The van der Waals surface area contributed by atoms with E-state index < -0.39 is 10.0 Å². The first-order valence-electron chi connectivity index (χ1n) is 8.52. The lowest BCUT2D eigenvalue weighted by Gasteiger charge is -2.04. The molecule has 4 nitrogen and oxygen atoms in total. The van der Waals surface area contributed by atoms with Crippen LogP contribution in [0.5, 0.6) is 0 Å². The highest BCUT2D eigenvalue weighted by atomic mass is 32.2. The van der Waals surface area contributed by atoms with Gasteiger partial charge in [0, 0.05) is 16.9 Å². The first-order valence-corrected chi connectivity index (χ1v) is 10.9. The van der Waals surface area contributed by atoms with E-state index in [1.807, 2.05) is 23.6 Å². The third-order valence-corrected chi connectivity index (χ3v) is 7.16. The van der Waals surface area contributed by atoms with Gasteiger partial charge in [-0.3, -0.25) is 0 Å². The topological polar surface area (TPSA) is 73.1 Å². The van der Waals surface area contributed by atoms with Crippen molar-refractivity contribution < 1.29 is 12.8 Å². The fourth-order valence-electron chi connectivity index (χ4n) is 3.80. The standard InChI is InChI=1S/C20H19FN2O2S2/c1-20(2)17(12-6-8-15(9-7-12)27(22,24)25)18(20)19-23-16(11-26-19)13-4-3-5-14(21)10-13/h3-11,17-18H,1-2H3,(H2,22,24,25)/t17-,18+/m0/s1. The molecule has 4 rings (SSSR count). The molecule has 0 aliphatic heterocycles. The van der Waals surface area contributed by atoms with Gasteiger partial charge in [0.15, 0.2) is 0 Å². The Hall–Kier alpha value is -2.09. The molecule has 3 aromatic rings. The number of rotatable bonds is 4. The summed E-state index contributed by atoms with van der Waals surface area (Å²) in [6.07, 6.45) is 0. The van der Waals surface area contributed by atoms with Crippen molar-refractivity contribution in [2.75, 3.05) is 0 Å². The smallest absolute Gasteiger partial charge is 0.238 e. The molecule has 0 saturated heterocycles. The molecular formula is C20H19FN2O2S2. The first-order chi connectivity index (χ1) is 12.7. The summed E-state index contributed by atoms with van der Waals surface area (Å²) in [7, 11) is -3.69. The molecule has 7 heteroatoms. The fraction of sp³-hybridized carbons (Fsp3) is 0.250. The van der Waals surface area contributed by atoms with E-state index in [4.69, 9.17) is 10.1 Å². The van der Waals surface area contributed by atoms with Gasteiger partial charge in [-0.05, 0) is 41.2 Å². The predicted molar refractivity (Wildman–Crippen MR) is 105 cm³/mol. The maximum atomic E-state index is 13.5. The first kappa shape index (κ1) is 18.3. The summed E-state index contributed by atoms with van der Waals surface area (Å²) < 4.78 is 36.4. The lowest BCUT2D eigenvalue weighted by molar-refractivity contribution is 0.597. The summed E-state index contributed by atoms with van der Waals surface area (Å²) in [6.45, 7) is 4.36. The van der Waals surface area contributed by atoms with Crippen molar-refractivity contribution in [1.29, 1.82) is 0 Å². The molecule has 1 aromatic heterocycles. The van der Waals surface area contributed by atoms with Crippen LogP contribution in [0.1, 0.15) is 36.3 Å². The number of sulfonamides is 1. The van der Waals surface area contributed by atoms with Crippen molar-refractivity contribution in [1.82, 2.24) is 4.98 Å². The second kappa shape index (κ2) is 6.22. The molecule has 2 atom stereocenters. The number of aromatic nitrogens is 1. The minimum Gasteiger partial charge on any atom is -0.241 e. The number of thiazole rings is 1. The van der Waals surface area contributed by atoms with E-state index in [0.717, 1.165) is 21.8 Å². The Bertz CT molecular complexity index is 1110. The molecule has 27 heavy (non-hydrogen) atoms. The number of primary sulfonamides is 1. The largest absolute Gasteiger partial charge is 0.241 e. The van der Waals surface area contributed by atoms with Crippen LogP contribution in [0.3, 0.4) is 0 Å². The summed E-state index contributed by atoms with van der Waals surface area (Å²) in [4.78, 5) is 4.86. The van der Waals surface area contributed by atoms with Crippen LogP contribution in [0.25, 0.3) is 11.3 Å². The highest BCUT2D eigenvalue weighted by Gasteiger charge is 2.60. The van der Waals surface area contributed by atoms with Crippen LogP contribution in [-0.2, 0) is 10.0 Å². The van der Waals surface area contributed by atoms with Crippen molar-refractivity contribution >= 4 is 21.4 Å². The zero-order valence-electron chi connectivity index (χ0n) is 14.9. The van der Waals surface area contributed by atoms with E-state index in [1.165, 1.54) is 12.1 Å². The molecule has 2 N–H and O–H groups in total. The molecule has 1 heterocycles. The summed E-state index contributed by atoms with van der Waals surface area (Å²) in [5.74, 6) is 0.213.